The summed E-state index contributed by atoms with van der Waals surface area (Å²) in [6, 6.07) is 5.78. The second-order valence-corrected chi connectivity index (χ2v) is 8.28. The molecule has 1 fully saturated rings. The molecule has 0 spiro atoms. The Morgan fingerprint density at radius 1 is 1.07 bits per heavy atom. The molecule has 0 bridgehead atoms. The number of nitrogens with zero attached hydrogens (tertiary/aromatic N) is 1. The zero-order valence-corrected chi connectivity index (χ0v) is 17.0. The molecular formula is C17H12Cl2F6N2O2S. The Balaban J connectivity index is 2.11. The van der Waals surface area contributed by atoms with Gasteiger partial charge in [0.05, 0.1) is 17.8 Å². The predicted octanol–water partition coefficient (Wildman–Crippen LogP) is 5.34. The molecule has 1 aliphatic rings. The highest BCUT2D eigenvalue weighted by Crippen LogP contribution is 2.49. The summed E-state index contributed by atoms with van der Waals surface area (Å²) < 4.78 is 99.9. The summed E-state index contributed by atoms with van der Waals surface area (Å²) in [5.74, 6) is 0. The van der Waals surface area contributed by atoms with Crippen molar-refractivity contribution in [1.82, 2.24) is 0 Å². The Morgan fingerprint density at radius 2 is 1.67 bits per heavy atom. The fraction of sp³-hybridized carbons (Fsp3) is 0.294. The number of halogens is 8. The van der Waals surface area contributed by atoms with Gasteiger partial charge >= 0.3 is 12.4 Å². The molecule has 4 nitrogen and oxygen atoms in total. The summed E-state index contributed by atoms with van der Waals surface area (Å²) in [4.78, 5) is 0. The van der Waals surface area contributed by atoms with Gasteiger partial charge in [-0.15, -0.1) is 0 Å². The molecule has 0 saturated carbocycles. The van der Waals surface area contributed by atoms with E-state index in [4.69, 9.17) is 33.1 Å². The third-order valence-electron chi connectivity index (χ3n) is 4.45. The van der Waals surface area contributed by atoms with Crippen LogP contribution in [0.5, 0.6) is 0 Å². The molecule has 13 heteroatoms. The van der Waals surface area contributed by atoms with Crippen LogP contribution in [0.3, 0.4) is 0 Å². The number of rotatable bonds is 3. The lowest BCUT2D eigenvalue weighted by Crippen LogP contribution is -2.46. The van der Waals surface area contributed by atoms with Crippen LogP contribution in [0, 0.1) is 0 Å². The van der Waals surface area contributed by atoms with E-state index < -0.39 is 53.4 Å². The number of hydrogen-bond acceptors (Lipinski definition) is 3. The maximum Gasteiger partial charge on any atom is 0.424 e. The molecule has 1 aliphatic heterocycles. The van der Waals surface area contributed by atoms with Crippen molar-refractivity contribution in [1.29, 1.82) is 0 Å². The van der Waals surface area contributed by atoms with Crippen LogP contribution in [-0.2, 0) is 33.8 Å². The quantitative estimate of drug-likeness (QED) is 0.588. The lowest BCUT2D eigenvalue weighted by atomic mass is 9.92. The van der Waals surface area contributed by atoms with Crippen LogP contribution >= 0.6 is 23.2 Å². The topological polar surface area (TPSA) is 55.6 Å². The molecule has 2 N–H and O–H groups in total. The third-order valence-corrected chi connectivity index (χ3v) is 6.02. The molecule has 0 aromatic heterocycles. The van der Waals surface area contributed by atoms with Gasteiger partial charge in [-0.25, -0.2) is 4.21 Å². The SMILES string of the molecule is NCc1ccc(N2CC(c3cc(Cl)cc(Cl)c3)(C(F)(F)F)OS2=O)cc1C(F)(F)F. The van der Waals surface area contributed by atoms with Gasteiger partial charge in [-0.1, -0.05) is 29.3 Å². The van der Waals surface area contributed by atoms with E-state index in [9.17, 15) is 30.6 Å². The molecule has 2 unspecified atom stereocenters. The van der Waals surface area contributed by atoms with Gasteiger partial charge in [0.2, 0.25) is 5.60 Å². The van der Waals surface area contributed by atoms with Gasteiger partial charge in [0.1, 0.15) is 0 Å². The van der Waals surface area contributed by atoms with Crippen molar-refractivity contribution < 1.29 is 34.7 Å². The van der Waals surface area contributed by atoms with E-state index in [0.29, 0.717) is 10.4 Å². The molecule has 1 heterocycles. The van der Waals surface area contributed by atoms with Crippen LogP contribution in [0.25, 0.3) is 0 Å². The highest BCUT2D eigenvalue weighted by atomic mass is 35.5. The molecule has 1 saturated heterocycles. The van der Waals surface area contributed by atoms with Crippen LogP contribution in [0.4, 0.5) is 32.0 Å². The predicted molar refractivity (Wildman–Crippen MR) is 100 cm³/mol. The van der Waals surface area contributed by atoms with Gasteiger partial charge in [-0.05, 0) is 41.5 Å². The van der Waals surface area contributed by atoms with Crippen LogP contribution in [0.1, 0.15) is 16.7 Å². The van der Waals surface area contributed by atoms with Gasteiger partial charge in [-0.3, -0.25) is 8.49 Å². The van der Waals surface area contributed by atoms with Crippen molar-refractivity contribution in [3.05, 3.63) is 63.1 Å². The van der Waals surface area contributed by atoms with Crippen LogP contribution in [0.2, 0.25) is 10.0 Å². The first-order chi connectivity index (χ1) is 13.8. The van der Waals surface area contributed by atoms with Crippen molar-refractivity contribution in [2.75, 3.05) is 10.8 Å². The lowest BCUT2D eigenvalue weighted by molar-refractivity contribution is -0.242. The van der Waals surface area contributed by atoms with Crippen LogP contribution in [0.15, 0.2) is 36.4 Å². The highest BCUT2D eigenvalue weighted by Gasteiger charge is 2.64. The number of anilines is 1. The van der Waals surface area contributed by atoms with Crippen molar-refractivity contribution in [2.45, 2.75) is 24.5 Å². The fourth-order valence-corrected chi connectivity index (χ4v) is 4.69. The Morgan fingerprint density at radius 3 is 2.17 bits per heavy atom. The fourth-order valence-electron chi connectivity index (χ4n) is 3.01. The number of alkyl halides is 6. The average molecular weight is 493 g/mol. The molecule has 0 radical (unpaired) electrons. The Bertz CT molecular complexity index is 981. The van der Waals surface area contributed by atoms with Crippen molar-refractivity contribution >= 4 is 40.2 Å². The smallest absolute Gasteiger partial charge is 0.326 e. The second-order valence-electron chi connectivity index (χ2n) is 6.36. The summed E-state index contributed by atoms with van der Waals surface area (Å²) in [5, 5.41) is -0.249. The zero-order chi connectivity index (χ0) is 22.5. The largest absolute Gasteiger partial charge is 0.424 e. The molecule has 2 aromatic rings. The number of benzene rings is 2. The molecule has 164 valence electrons. The van der Waals surface area contributed by atoms with E-state index in [-0.39, 0.29) is 21.3 Å². The average Bonchev–Trinajstić information content (AvgIpc) is 2.98. The van der Waals surface area contributed by atoms with E-state index in [1.807, 2.05) is 0 Å². The monoisotopic (exact) mass is 492 g/mol. The summed E-state index contributed by atoms with van der Waals surface area (Å²) in [5.41, 5.74) is -0.131. The minimum atomic E-state index is -5.09. The standard InChI is InChI=1S/C17H12Cl2F6N2O2S/c18-11-3-10(4-12(19)5-11)15(17(23,24)25)8-27(30(28)29-15)13-2-1-9(7-26)14(6-13)16(20,21)22/h1-6H,7-8,26H2. The first-order valence-electron chi connectivity index (χ1n) is 8.11. The van der Waals surface area contributed by atoms with Crippen molar-refractivity contribution in [2.24, 2.45) is 5.73 Å². The molecule has 0 amide bonds. The Labute approximate surface area is 179 Å². The van der Waals surface area contributed by atoms with E-state index in [1.54, 1.807) is 0 Å². The van der Waals surface area contributed by atoms with E-state index in [2.05, 4.69) is 0 Å². The first-order valence-corrected chi connectivity index (χ1v) is 9.89. The number of hydrogen-bond donors (Lipinski definition) is 1. The Kier molecular flexibility index (Phi) is 6.07. The summed E-state index contributed by atoms with van der Waals surface area (Å²) >= 11 is 8.85. The lowest BCUT2D eigenvalue weighted by Gasteiger charge is -2.29. The van der Waals surface area contributed by atoms with Gasteiger partial charge in [0.25, 0.3) is 11.3 Å². The minimum absolute atomic E-state index is 0.124. The molecular weight excluding hydrogens is 481 g/mol. The van der Waals surface area contributed by atoms with E-state index in [1.165, 1.54) is 6.07 Å². The molecule has 30 heavy (non-hydrogen) atoms. The van der Waals surface area contributed by atoms with Gasteiger partial charge in [0.15, 0.2) is 0 Å². The van der Waals surface area contributed by atoms with Crippen LogP contribution in [-0.4, -0.2) is 16.9 Å². The van der Waals surface area contributed by atoms with Crippen molar-refractivity contribution in [3.8, 4) is 0 Å². The molecule has 0 aliphatic carbocycles. The van der Waals surface area contributed by atoms with E-state index in [0.717, 1.165) is 24.3 Å². The maximum absolute atomic E-state index is 14.0. The third kappa shape index (κ3) is 4.13. The van der Waals surface area contributed by atoms with Crippen LogP contribution < -0.4 is 10.0 Å². The summed E-state index contributed by atoms with van der Waals surface area (Å²) in [6.45, 7) is -1.53. The Hall–Kier alpha value is -1.53. The first kappa shape index (κ1) is 23.1. The van der Waals surface area contributed by atoms with Gasteiger partial charge < -0.3 is 5.73 Å². The highest BCUT2D eigenvalue weighted by molar-refractivity contribution is 7.82. The second kappa shape index (κ2) is 7.86. The zero-order valence-electron chi connectivity index (χ0n) is 14.7. The molecule has 2 aromatic carbocycles. The molecule has 3 rings (SSSR count). The van der Waals surface area contributed by atoms with Crippen molar-refractivity contribution in [3.63, 3.8) is 0 Å². The molecule has 2 atom stereocenters. The van der Waals surface area contributed by atoms with Gasteiger partial charge in [0, 0.05) is 16.6 Å². The normalized spacial score (nSPS) is 22.6. The van der Waals surface area contributed by atoms with E-state index >= 15 is 0 Å². The minimum Gasteiger partial charge on any atom is -0.326 e. The maximum atomic E-state index is 14.0. The summed E-state index contributed by atoms with van der Waals surface area (Å²) in [7, 11) is 0. The summed E-state index contributed by atoms with van der Waals surface area (Å²) in [6.07, 6.45) is -9.90. The number of nitrogens with two attached hydrogens (primary N) is 1. The van der Waals surface area contributed by atoms with Gasteiger partial charge in [-0.2, -0.15) is 26.3 Å².